The van der Waals surface area contributed by atoms with Gasteiger partial charge < -0.3 is 5.11 Å². The Morgan fingerprint density at radius 1 is 1.07 bits per heavy atom. The number of pyridine rings is 1. The van der Waals surface area contributed by atoms with Crippen molar-refractivity contribution in [1.82, 2.24) is 19.6 Å². The predicted octanol–water partition coefficient (Wildman–Crippen LogP) is 4.16. The maximum absolute atomic E-state index is 10.5. The van der Waals surface area contributed by atoms with E-state index >= 15 is 0 Å². The van der Waals surface area contributed by atoms with Gasteiger partial charge in [-0.25, -0.2) is 4.98 Å². The molecule has 1 N–H and O–H groups in total. The molecule has 6 heteroatoms. The second kappa shape index (κ2) is 5.71. The van der Waals surface area contributed by atoms with Crippen LogP contribution in [-0.2, 0) is 11.0 Å². The van der Waals surface area contributed by atoms with Gasteiger partial charge in [0.05, 0.1) is 15.9 Å². The van der Waals surface area contributed by atoms with Crippen molar-refractivity contribution in [2.24, 2.45) is 0 Å². The first kappa shape index (κ1) is 16.6. The molecule has 1 saturated carbocycles. The molecule has 0 amide bonds. The Balaban J connectivity index is 1.60. The zero-order chi connectivity index (χ0) is 18.6. The monoisotopic (exact) mass is 376 g/mol. The van der Waals surface area contributed by atoms with Crippen LogP contribution >= 0.6 is 11.3 Å². The highest BCUT2D eigenvalue weighted by molar-refractivity contribution is 7.15. The van der Waals surface area contributed by atoms with Gasteiger partial charge in [0, 0.05) is 18.0 Å². The normalized spacial score (nSPS) is 16.0. The predicted molar refractivity (Wildman–Crippen MR) is 106 cm³/mol. The van der Waals surface area contributed by atoms with Crippen LogP contribution in [0.2, 0.25) is 0 Å². The average Bonchev–Trinajstić information content (AvgIpc) is 3.12. The second-order valence-corrected chi connectivity index (χ2v) is 8.71. The third-order valence-corrected chi connectivity index (χ3v) is 6.50. The molecule has 0 bridgehead atoms. The summed E-state index contributed by atoms with van der Waals surface area (Å²) < 4.78 is 2.02. The van der Waals surface area contributed by atoms with Crippen molar-refractivity contribution in [3.05, 3.63) is 71.3 Å². The Bertz CT molecular complexity index is 1120. The number of rotatable bonds is 4. The molecule has 27 heavy (non-hydrogen) atoms. The van der Waals surface area contributed by atoms with Crippen molar-refractivity contribution in [2.75, 3.05) is 0 Å². The summed E-state index contributed by atoms with van der Waals surface area (Å²) in [6.45, 7) is 3.55. The van der Waals surface area contributed by atoms with E-state index in [0.29, 0.717) is 5.65 Å². The molecule has 1 fully saturated rings. The Hall–Kier alpha value is -2.57. The Labute approximate surface area is 161 Å². The molecule has 4 aromatic rings. The van der Waals surface area contributed by atoms with E-state index in [9.17, 15) is 5.11 Å². The van der Waals surface area contributed by atoms with Gasteiger partial charge in [-0.15, -0.1) is 21.5 Å². The SMILES string of the molecule is CC(C)(O)c1cccn2c(C3(c4ncc(-c5ccccc5)s4)CC3)nnc12. The lowest BCUT2D eigenvalue weighted by molar-refractivity contribution is 0.0796. The van der Waals surface area contributed by atoms with Gasteiger partial charge in [-0.2, -0.15) is 0 Å². The highest BCUT2D eigenvalue weighted by atomic mass is 32.1. The molecule has 3 heterocycles. The number of fused-ring (bicyclic) bond motifs is 1. The lowest BCUT2D eigenvalue weighted by Crippen LogP contribution is -2.18. The largest absolute Gasteiger partial charge is 0.386 e. The Kier molecular flexibility index (Phi) is 3.51. The van der Waals surface area contributed by atoms with Crippen LogP contribution in [0.25, 0.3) is 16.1 Å². The molecular formula is C21H20N4OS. The van der Waals surface area contributed by atoms with Crippen LogP contribution in [0.4, 0.5) is 0 Å². The van der Waals surface area contributed by atoms with E-state index in [2.05, 4.69) is 22.3 Å². The van der Waals surface area contributed by atoms with E-state index in [4.69, 9.17) is 4.98 Å². The first-order valence-corrected chi connectivity index (χ1v) is 9.89. The molecule has 5 nitrogen and oxygen atoms in total. The molecule has 3 aromatic heterocycles. The van der Waals surface area contributed by atoms with Gasteiger partial charge in [-0.3, -0.25) is 4.40 Å². The lowest BCUT2D eigenvalue weighted by atomic mass is 9.99. The maximum atomic E-state index is 10.5. The third kappa shape index (κ3) is 2.59. The van der Waals surface area contributed by atoms with Crippen molar-refractivity contribution in [1.29, 1.82) is 0 Å². The number of hydrogen-bond donors (Lipinski definition) is 1. The number of benzene rings is 1. The average molecular weight is 376 g/mol. The van der Waals surface area contributed by atoms with Crippen molar-refractivity contribution in [2.45, 2.75) is 37.7 Å². The molecule has 0 spiro atoms. The third-order valence-electron chi connectivity index (χ3n) is 5.25. The fourth-order valence-corrected chi connectivity index (χ4v) is 4.77. The lowest BCUT2D eigenvalue weighted by Gasteiger charge is -2.18. The molecular weight excluding hydrogens is 356 g/mol. The topological polar surface area (TPSA) is 63.3 Å². The van der Waals surface area contributed by atoms with Crippen molar-refractivity contribution >= 4 is 17.0 Å². The minimum atomic E-state index is -0.967. The second-order valence-electron chi connectivity index (χ2n) is 7.68. The molecule has 1 aliphatic carbocycles. The first-order valence-electron chi connectivity index (χ1n) is 9.08. The van der Waals surface area contributed by atoms with Gasteiger partial charge in [-0.1, -0.05) is 36.4 Å². The number of aromatic nitrogens is 4. The molecule has 0 atom stereocenters. The van der Waals surface area contributed by atoms with Gasteiger partial charge in [-0.05, 0) is 38.3 Å². The Morgan fingerprint density at radius 2 is 1.85 bits per heavy atom. The van der Waals surface area contributed by atoms with Crippen molar-refractivity contribution in [3.63, 3.8) is 0 Å². The summed E-state index contributed by atoms with van der Waals surface area (Å²) in [7, 11) is 0. The van der Waals surface area contributed by atoms with Crippen LogP contribution in [0.5, 0.6) is 0 Å². The number of thiazole rings is 1. The first-order chi connectivity index (χ1) is 13.0. The van der Waals surface area contributed by atoms with Crippen LogP contribution in [0.1, 0.15) is 43.1 Å². The van der Waals surface area contributed by atoms with Gasteiger partial charge in [0.25, 0.3) is 0 Å². The summed E-state index contributed by atoms with van der Waals surface area (Å²) in [4.78, 5) is 5.92. The molecule has 5 rings (SSSR count). The summed E-state index contributed by atoms with van der Waals surface area (Å²) in [5.41, 5.74) is 1.54. The Morgan fingerprint density at radius 3 is 2.56 bits per heavy atom. The number of nitrogens with zero attached hydrogens (tertiary/aromatic N) is 4. The van der Waals surface area contributed by atoms with Gasteiger partial charge in [0.2, 0.25) is 0 Å². The van der Waals surface area contributed by atoms with Crippen LogP contribution in [-0.4, -0.2) is 24.7 Å². The van der Waals surface area contributed by atoms with E-state index in [1.165, 1.54) is 10.4 Å². The molecule has 136 valence electrons. The van der Waals surface area contributed by atoms with Crippen molar-refractivity contribution < 1.29 is 5.11 Å². The molecule has 0 radical (unpaired) electrons. The molecule has 0 saturated heterocycles. The summed E-state index contributed by atoms with van der Waals surface area (Å²) >= 11 is 1.73. The summed E-state index contributed by atoms with van der Waals surface area (Å²) in [5.74, 6) is 0.914. The fraction of sp³-hybridized carbons (Fsp3) is 0.286. The van der Waals surface area contributed by atoms with Crippen LogP contribution in [0, 0.1) is 0 Å². The van der Waals surface area contributed by atoms with Gasteiger partial charge in [0.15, 0.2) is 11.5 Å². The van der Waals surface area contributed by atoms with E-state index in [0.717, 1.165) is 29.2 Å². The fourth-order valence-electron chi connectivity index (χ4n) is 3.61. The molecule has 1 aliphatic rings. The summed E-state index contributed by atoms with van der Waals surface area (Å²) in [5, 5.41) is 20.5. The highest BCUT2D eigenvalue weighted by Gasteiger charge is 2.52. The van der Waals surface area contributed by atoms with E-state index < -0.39 is 5.60 Å². The van der Waals surface area contributed by atoms with Crippen molar-refractivity contribution in [3.8, 4) is 10.4 Å². The zero-order valence-corrected chi connectivity index (χ0v) is 16.1. The molecule has 0 unspecified atom stereocenters. The minimum Gasteiger partial charge on any atom is -0.386 e. The van der Waals surface area contributed by atoms with E-state index in [-0.39, 0.29) is 5.41 Å². The standard InChI is InChI=1S/C21H20N4OS/c1-20(2,26)15-9-6-12-25-17(15)23-24-18(25)21(10-11-21)19-22-13-16(27-19)14-7-4-3-5-8-14/h3-9,12-13,26H,10-11H2,1-2H3. The van der Waals surface area contributed by atoms with Crippen LogP contribution < -0.4 is 0 Å². The summed E-state index contributed by atoms with van der Waals surface area (Å²) in [6.07, 6.45) is 5.97. The number of aliphatic hydroxyl groups is 1. The number of hydrogen-bond acceptors (Lipinski definition) is 5. The van der Waals surface area contributed by atoms with Crippen LogP contribution in [0.3, 0.4) is 0 Å². The molecule has 1 aromatic carbocycles. The van der Waals surface area contributed by atoms with Gasteiger partial charge in [0.1, 0.15) is 5.01 Å². The minimum absolute atomic E-state index is 0.171. The van der Waals surface area contributed by atoms with E-state index in [1.54, 1.807) is 25.2 Å². The highest BCUT2D eigenvalue weighted by Crippen LogP contribution is 2.54. The van der Waals surface area contributed by atoms with Gasteiger partial charge >= 0.3 is 0 Å². The smallest absolute Gasteiger partial charge is 0.166 e. The summed E-state index contributed by atoms with van der Waals surface area (Å²) in [6, 6.07) is 14.2. The van der Waals surface area contributed by atoms with E-state index in [1.807, 2.05) is 47.1 Å². The molecule has 0 aliphatic heterocycles. The quantitative estimate of drug-likeness (QED) is 0.581. The zero-order valence-electron chi connectivity index (χ0n) is 15.3. The van der Waals surface area contributed by atoms with Crippen LogP contribution in [0.15, 0.2) is 54.9 Å². The maximum Gasteiger partial charge on any atom is 0.166 e.